The molecular formula is C11H20NO9-. The summed E-state index contributed by atoms with van der Waals surface area (Å²) >= 11 is 0. The van der Waals surface area contributed by atoms with Crippen molar-refractivity contribution < 1.29 is 49.5 Å². The van der Waals surface area contributed by atoms with E-state index in [9.17, 15) is 24.6 Å². The van der Waals surface area contributed by atoms with Crippen molar-refractivity contribution in [3.05, 3.63) is 0 Å². The number of rotatable bonds is 7. The van der Waals surface area contributed by atoms with Gasteiger partial charge in [-0.1, -0.05) is 0 Å². The Hall–Kier alpha value is -1.75. The van der Waals surface area contributed by atoms with Crippen LogP contribution < -0.4 is 10.2 Å². The average molecular weight is 310 g/mol. The maximum Gasteiger partial charge on any atom is 0.306 e. The number of carboxylic acids is 3. The molecule has 10 heteroatoms. The van der Waals surface area contributed by atoms with Crippen molar-refractivity contribution >= 4 is 17.9 Å². The zero-order valence-electron chi connectivity index (χ0n) is 11.9. The van der Waals surface area contributed by atoms with Gasteiger partial charge in [0.05, 0.1) is 39.5 Å². The minimum Gasteiger partial charge on any atom is -0.547 e. The average Bonchev–Trinajstić information content (AvgIpc) is 2.23. The van der Waals surface area contributed by atoms with E-state index in [1.54, 1.807) is 0 Å². The van der Waals surface area contributed by atoms with Crippen molar-refractivity contribution in [1.82, 2.24) is 0 Å². The van der Waals surface area contributed by atoms with E-state index in [2.05, 4.69) is 0 Å². The first-order valence-electron chi connectivity index (χ1n) is 5.76. The van der Waals surface area contributed by atoms with Crippen molar-refractivity contribution in [2.45, 2.75) is 24.7 Å². The van der Waals surface area contributed by atoms with Crippen LogP contribution in [0.1, 0.15) is 6.42 Å². The Morgan fingerprint density at radius 1 is 0.952 bits per heavy atom. The Morgan fingerprint density at radius 2 is 1.29 bits per heavy atom. The highest BCUT2D eigenvalue weighted by Crippen LogP contribution is 1.98. The van der Waals surface area contributed by atoms with Crippen LogP contribution in [-0.2, 0) is 14.4 Å². The second kappa shape index (κ2) is 9.23. The monoisotopic (exact) mass is 310 g/mol. The maximum atomic E-state index is 10.1. The van der Waals surface area contributed by atoms with Crippen LogP contribution >= 0.6 is 0 Å². The third-order valence-corrected chi connectivity index (χ3v) is 1.95. The molecule has 0 aliphatic rings. The van der Waals surface area contributed by atoms with E-state index in [-0.39, 0.29) is 6.42 Å². The third kappa shape index (κ3) is 13.0. The number of likely N-dealkylation sites (N-methyl/N-ethyl adjacent to an activating group) is 1. The summed E-state index contributed by atoms with van der Waals surface area (Å²) in [5.74, 6) is -5.07. The summed E-state index contributed by atoms with van der Waals surface area (Å²) in [7, 11) is 5.72. The van der Waals surface area contributed by atoms with Crippen LogP contribution in [0, 0.1) is 0 Å². The largest absolute Gasteiger partial charge is 0.547 e. The number of nitrogens with zero attached hydrogens (tertiary/aromatic N) is 1. The van der Waals surface area contributed by atoms with E-state index in [1.807, 2.05) is 21.1 Å². The van der Waals surface area contributed by atoms with Gasteiger partial charge in [0.2, 0.25) is 0 Å². The number of carbonyl (C=O) groups is 3. The van der Waals surface area contributed by atoms with Crippen molar-refractivity contribution in [2.75, 3.05) is 27.7 Å². The van der Waals surface area contributed by atoms with Gasteiger partial charge in [0.25, 0.3) is 0 Å². The molecule has 3 unspecified atom stereocenters. The number of aliphatic carboxylic acids is 3. The van der Waals surface area contributed by atoms with Gasteiger partial charge in [-0.25, -0.2) is 0 Å². The van der Waals surface area contributed by atoms with Gasteiger partial charge in [-0.15, -0.1) is 0 Å². The van der Waals surface area contributed by atoms with Crippen LogP contribution in [0.25, 0.3) is 0 Å². The normalized spacial score (nSPS) is 15.1. The molecule has 10 nitrogen and oxygen atoms in total. The Balaban J connectivity index is 0. The lowest BCUT2D eigenvalue weighted by Crippen LogP contribution is -2.51. The smallest absolute Gasteiger partial charge is 0.306 e. The summed E-state index contributed by atoms with van der Waals surface area (Å²) in [6.07, 6.45) is -5.79. The standard InChI is InChI=1S/C7H15NO3.C4H6O6/c1-8(2,3)5-6(9)4-7(10)11;5-1(3(7)8)2(6)4(9)10/h6,9H,4-5H2,1-3H3;1-2,5-6H,(H,7,8)(H,9,10)/p-1. The van der Waals surface area contributed by atoms with Gasteiger partial charge in [-0.2, -0.15) is 0 Å². The lowest BCUT2D eigenvalue weighted by Gasteiger charge is -2.25. The molecule has 0 rings (SSSR count). The quantitative estimate of drug-likeness (QED) is 0.334. The van der Waals surface area contributed by atoms with Gasteiger partial charge in [0, 0.05) is 0 Å². The highest BCUT2D eigenvalue weighted by atomic mass is 16.4. The predicted octanol–water partition coefficient (Wildman–Crippen LogP) is -5.26. The van der Waals surface area contributed by atoms with Crippen LogP contribution in [-0.4, -0.2) is 88.8 Å². The molecule has 0 aromatic heterocycles. The Morgan fingerprint density at radius 3 is 1.48 bits per heavy atom. The summed E-state index contributed by atoms with van der Waals surface area (Å²) < 4.78 is 0.578. The minimum atomic E-state index is -2.44. The number of aliphatic hydroxyl groups is 3. The molecular weight excluding hydrogens is 290 g/mol. The number of carbonyl (C=O) groups excluding carboxylic acids is 2. The molecule has 0 aromatic rings. The number of aliphatic hydroxyl groups excluding tert-OH is 3. The highest BCUT2D eigenvalue weighted by molar-refractivity contribution is 5.80. The lowest BCUT2D eigenvalue weighted by molar-refractivity contribution is -0.873. The zero-order chi connectivity index (χ0) is 17.4. The SMILES string of the molecule is C[N+](C)(C)CC(O)CC(=O)O.O=C([O-])C(O)C(O)C(=O)[O-]. The van der Waals surface area contributed by atoms with E-state index in [1.165, 1.54) is 0 Å². The van der Waals surface area contributed by atoms with Crippen LogP contribution in [0.2, 0.25) is 0 Å². The van der Waals surface area contributed by atoms with Crippen molar-refractivity contribution in [3.8, 4) is 0 Å². The first-order chi connectivity index (χ1) is 9.27. The number of quaternary nitrogens is 1. The van der Waals surface area contributed by atoms with Crippen LogP contribution in [0.5, 0.6) is 0 Å². The summed E-state index contributed by atoms with van der Waals surface area (Å²) in [4.78, 5) is 29.4. The summed E-state index contributed by atoms with van der Waals surface area (Å²) in [6, 6.07) is 0. The van der Waals surface area contributed by atoms with E-state index in [0.717, 1.165) is 0 Å². The number of hydrogen-bond donors (Lipinski definition) is 4. The minimum absolute atomic E-state index is 0.171. The molecule has 3 atom stereocenters. The van der Waals surface area contributed by atoms with E-state index < -0.39 is 36.2 Å². The maximum absolute atomic E-state index is 10.1. The highest BCUT2D eigenvalue weighted by Gasteiger charge is 2.18. The number of hydrogen-bond acceptors (Lipinski definition) is 8. The van der Waals surface area contributed by atoms with Gasteiger partial charge in [-0.3, -0.25) is 4.79 Å². The van der Waals surface area contributed by atoms with E-state index >= 15 is 0 Å². The molecule has 124 valence electrons. The van der Waals surface area contributed by atoms with Gasteiger partial charge in [0.1, 0.15) is 24.9 Å². The predicted molar refractivity (Wildman–Crippen MR) is 63.2 cm³/mol. The summed E-state index contributed by atoms with van der Waals surface area (Å²) in [5.41, 5.74) is 0. The molecule has 0 aliphatic heterocycles. The molecule has 0 amide bonds. The first kappa shape index (κ1) is 21.5. The lowest BCUT2D eigenvalue weighted by atomic mass is 10.2. The molecule has 0 radical (unpaired) electrons. The van der Waals surface area contributed by atoms with Gasteiger partial charge >= 0.3 is 5.97 Å². The topological polar surface area (TPSA) is 178 Å². The van der Waals surface area contributed by atoms with Gasteiger partial charge in [0.15, 0.2) is 0 Å². The fourth-order valence-corrected chi connectivity index (χ4v) is 1.16. The molecule has 0 spiro atoms. The van der Waals surface area contributed by atoms with Gasteiger partial charge in [-0.05, 0) is 0 Å². The third-order valence-electron chi connectivity index (χ3n) is 1.95. The van der Waals surface area contributed by atoms with Crippen molar-refractivity contribution in [3.63, 3.8) is 0 Å². The summed E-state index contributed by atoms with van der Waals surface area (Å²) in [6.45, 7) is 0.465. The Labute approximate surface area is 121 Å². The Kier molecular flexibility index (Phi) is 9.47. The fourth-order valence-electron chi connectivity index (χ4n) is 1.16. The molecule has 4 N–H and O–H groups in total. The van der Waals surface area contributed by atoms with E-state index in [0.29, 0.717) is 11.0 Å². The molecule has 21 heavy (non-hydrogen) atoms. The second-order valence-electron chi connectivity index (χ2n) is 5.25. The molecule has 0 aromatic carbocycles. The van der Waals surface area contributed by atoms with E-state index in [4.69, 9.17) is 20.4 Å². The Bertz CT molecular complexity index is 345. The molecule has 0 aliphatic carbocycles. The van der Waals surface area contributed by atoms with Crippen LogP contribution in [0.4, 0.5) is 0 Å². The molecule has 0 heterocycles. The second-order valence-corrected chi connectivity index (χ2v) is 5.25. The van der Waals surface area contributed by atoms with Crippen LogP contribution in [0.3, 0.4) is 0 Å². The molecule has 0 saturated carbocycles. The summed E-state index contributed by atoms with van der Waals surface area (Å²) in [5, 5.41) is 53.2. The first-order valence-corrected chi connectivity index (χ1v) is 5.76. The molecule has 0 bridgehead atoms. The van der Waals surface area contributed by atoms with Crippen LogP contribution in [0.15, 0.2) is 0 Å². The van der Waals surface area contributed by atoms with Crippen molar-refractivity contribution in [1.29, 1.82) is 0 Å². The zero-order valence-corrected chi connectivity index (χ0v) is 11.9. The number of carboxylic acid groups (broad SMARTS) is 3. The van der Waals surface area contributed by atoms with Gasteiger partial charge < -0.3 is 44.7 Å². The molecule has 0 saturated heterocycles. The fraction of sp³-hybridized carbons (Fsp3) is 0.727. The van der Waals surface area contributed by atoms with Crippen molar-refractivity contribution in [2.24, 2.45) is 0 Å². The molecule has 0 fully saturated rings.